The van der Waals surface area contributed by atoms with E-state index in [0.29, 0.717) is 18.7 Å². The first-order chi connectivity index (χ1) is 17.2. The van der Waals surface area contributed by atoms with Crippen LogP contribution in [0.1, 0.15) is 59.9 Å². The van der Waals surface area contributed by atoms with Crippen LogP contribution < -0.4 is 5.73 Å². The van der Waals surface area contributed by atoms with Crippen molar-refractivity contribution >= 4 is 38.4 Å². The number of halogens is 1. The van der Waals surface area contributed by atoms with E-state index < -0.39 is 50.8 Å². The van der Waals surface area contributed by atoms with Gasteiger partial charge in [0.1, 0.15) is 12.2 Å². The monoisotopic (exact) mass is 608 g/mol. The van der Waals surface area contributed by atoms with Crippen molar-refractivity contribution < 1.29 is 26.2 Å². The molecule has 14 heteroatoms. The van der Waals surface area contributed by atoms with Gasteiger partial charge in [0.25, 0.3) is 10.1 Å². The molecule has 0 aliphatic carbocycles. The summed E-state index contributed by atoms with van der Waals surface area (Å²) in [4.78, 5) is 0. The van der Waals surface area contributed by atoms with E-state index in [1.165, 1.54) is 0 Å². The second-order valence-corrected chi connectivity index (χ2v) is 24.6. The Bertz CT molecular complexity index is 1150. The van der Waals surface area contributed by atoms with Crippen molar-refractivity contribution in [3.05, 3.63) is 23.0 Å². The molecule has 0 bridgehead atoms. The molecule has 1 saturated heterocycles. The van der Waals surface area contributed by atoms with Crippen LogP contribution in [0.4, 0.5) is 0 Å². The number of nitrogens with zero attached hydrogens (tertiary/aromatic N) is 3. The number of nitrogens with two attached hydrogens (primary N) is 1. The van der Waals surface area contributed by atoms with Gasteiger partial charge in [-0.25, -0.2) is 8.86 Å². The summed E-state index contributed by atoms with van der Waals surface area (Å²) in [6.07, 6.45) is 0.371. The van der Waals surface area contributed by atoms with E-state index in [-0.39, 0.29) is 22.4 Å². The Morgan fingerprint density at radius 3 is 2.24 bits per heavy atom. The van der Waals surface area contributed by atoms with E-state index in [2.05, 4.69) is 78.0 Å². The van der Waals surface area contributed by atoms with Crippen LogP contribution in [0.25, 0.3) is 0 Å². The van der Waals surface area contributed by atoms with Crippen LogP contribution in [0, 0.1) is 0 Å². The number of alkyl halides is 1. The van der Waals surface area contributed by atoms with Gasteiger partial charge >= 0.3 is 0 Å². The van der Waals surface area contributed by atoms with Gasteiger partial charge in [-0.05, 0) is 49.1 Å². The first-order valence-electron chi connectivity index (χ1n) is 13.0. The van der Waals surface area contributed by atoms with Gasteiger partial charge in [-0.15, -0.1) is 16.7 Å². The van der Waals surface area contributed by atoms with Gasteiger partial charge in [0.05, 0.1) is 29.6 Å². The number of hydrogen-bond acceptors (Lipinski definition) is 9. The molecule has 1 fully saturated rings. The van der Waals surface area contributed by atoms with Gasteiger partial charge in [-0.1, -0.05) is 46.8 Å². The first-order valence-corrected chi connectivity index (χ1v) is 20.9. The van der Waals surface area contributed by atoms with Crippen LogP contribution in [-0.2, 0) is 34.3 Å². The average Bonchev–Trinajstić information content (AvgIpc) is 3.38. The predicted octanol–water partition coefficient (Wildman–Crippen LogP) is 4.66. The summed E-state index contributed by atoms with van der Waals surface area (Å²) in [5.41, 5.74) is 5.74. The molecule has 2 aliphatic heterocycles. The highest BCUT2D eigenvalue weighted by molar-refractivity contribution is 7.90. The summed E-state index contributed by atoms with van der Waals surface area (Å²) in [5, 5.41) is 9.16. The van der Waals surface area contributed by atoms with Gasteiger partial charge in [0.15, 0.2) is 28.5 Å². The molecule has 0 saturated carbocycles. The van der Waals surface area contributed by atoms with Crippen molar-refractivity contribution in [3.63, 3.8) is 0 Å². The Labute approximate surface area is 234 Å². The zero-order chi connectivity index (χ0) is 28.9. The minimum absolute atomic E-state index is 0.0370. The van der Waals surface area contributed by atoms with Crippen molar-refractivity contribution in [2.24, 2.45) is 5.73 Å². The summed E-state index contributed by atoms with van der Waals surface area (Å²) in [6.45, 7) is 21.3. The molecule has 38 heavy (non-hydrogen) atoms. The zero-order valence-electron chi connectivity index (χ0n) is 24.4. The zero-order valence-corrected chi connectivity index (χ0v) is 27.9. The molecule has 0 amide bonds. The molecule has 1 aromatic heterocycles. The fraction of sp³-hybridized carbons (Fsp3) is 0.833. The molecule has 10 nitrogen and oxygen atoms in total. The van der Waals surface area contributed by atoms with E-state index in [1.807, 2.05) is 0 Å². The van der Waals surface area contributed by atoms with Gasteiger partial charge in [0, 0.05) is 5.88 Å². The number of hydrogen-bond donors (Lipinski definition) is 1. The maximum Gasteiger partial charge on any atom is 0.292 e. The lowest BCUT2D eigenvalue weighted by Gasteiger charge is -2.43. The molecule has 3 heterocycles. The number of aromatic nitrogens is 3. The highest BCUT2D eigenvalue weighted by atomic mass is 35.5. The lowest BCUT2D eigenvalue weighted by molar-refractivity contribution is -0.0605. The van der Waals surface area contributed by atoms with E-state index in [4.69, 9.17) is 35.1 Å². The van der Waals surface area contributed by atoms with Crippen LogP contribution in [0.3, 0.4) is 0 Å². The molecule has 2 N–H and O–H groups in total. The number of ether oxygens (including phenoxy) is 1. The van der Waals surface area contributed by atoms with Gasteiger partial charge < -0.3 is 19.3 Å². The topological polar surface area (TPSA) is 128 Å². The van der Waals surface area contributed by atoms with E-state index in [9.17, 15) is 8.42 Å². The Morgan fingerprint density at radius 1 is 1.13 bits per heavy atom. The predicted molar refractivity (Wildman–Crippen MR) is 153 cm³/mol. The number of aryl methyl sites for hydroxylation is 1. The maximum atomic E-state index is 12.9. The largest absolute Gasteiger partial charge is 0.414 e. The standard InChI is InChI=1S/C24H45ClN4O6SSi2/c1-22(2,3)37(7,8)32-15-19-24(18(26)16-36(30,31)35-24)20(34-38(9,10)23(4,5)6)21(33-19)29-17(12-11-13-25)14-27-28-29/h14,16,19-21H,11-13,15,26H2,1-10H3/t19-,20+,21-,24-/m1/s1. The number of rotatable bonds is 9. The van der Waals surface area contributed by atoms with Crippen LogP contribution in [0.15, 0.2) is 17.3 Å². The molecule has 0 radical (unpaired) electrons. The Morgan fingerprint density at radius 2 is 1.74 bits per heavy atom. The van der Waals surface area contributed by atoms with Crippen LogP contribution >= 0.6 is 11.6 Å². The molecule has 1 spiro atoms. The molecule has 218 valence electrons. The molecule has 0 aromatic carbocycles. The summed E-state index contributed by atoms with van der Waals surface area (Å²) in [7, 11) is -8.83. The SMILES string of the molecule is CC(C)(C)[Si](C)(C)OC[C@H]1O[C@@H](n2nncc2CCCCl)[C@H](O[Si](C)(C)C(C)(C)C)[C@]12OS(=O)(=O)C=C2N. The Hall–Kier alpha value is -0.806. The molecular weight excluding hydrogens is 564 g/mol. The average molecular weight is 609 g/mol. The van der Waals surface area contributed by atoms with Crippen molar-refractivity contribution in [2.75, 3.05) is 12.5 Å². The van der Waals surface area contributed by atoms with Crippen molar-refractivity contribution in [1.29, 1.82) is 0 Å². The second-order valence-electron chi connectivity index (χ2n) is 13.3. The van der Waals surface area contributed by atoms with Gasteiger partial charge in [-0.2, -0.15) is 8.42 Å². The molecular formula is C24H45ClN4O6SSi2. The van der Waals surface area contributed by atoms with Crippen molar-refractivity contribution in [1.82, 2.24) is 15.0 Å². The van der Waals surface area contributed by atoms with Crippen molar-refractivity contribution in [3.8, 4) is 0 Å². The first kappa shape index (κ1) is 31.7. The minimum atomic E-state index is -4.08. The quantitative estimate of drug-likeness (QED) is 0.242. The summed E-state index contributed by atoms with van der Waals surface area (Å²) in [6, 6.07) is 0. The third kappa shape index (κ3) is 5.95. The molecule has 1 aromatic rings. The van der Waals surface area contributed by atoms with Crippen molar-refractivity contribution in [2.45, 2.75) is 115 Å². The van der Waals surface area contributed by atoms with E-state index in [0.717, 1.165) is 11.1 Å². The lowest BCUT2D eigenvalue weighted by atomic mass is 9.89. The summed E-state index contributed by atoms with van der Waals surface area (Å²) in [5.74, 6) is 0.477. The smallest absolute Gasteiger partial charge is 0.292 e. The lowest BCUT2D eigenvalue weighted by Crippen LogP contribution is -2.59. The minimum Gasteiger partial charge on any atom is -0.414 e. The van der Waals surface area contributed by atoms with E-state index in [1.54, 1.807) is 10.9 Å². The Balaban J connectivity index is 2.16. The fourth-order valence-corrected chi connectivity index (χ4v) is 7.74. The van der Waals surface area contributed by atoms with Crippen LogP contribution in [-0.4, -0.2) is 70.3 Å². The highest BCUT2D eigenvalue weighted by Crippen LogP contribution is 2.52. The normalized spacial score (nSPS) is 28.3. The molecule has 3 rings (SSSR count). The van der Waals surface area contributed by atoms with Gasteiger partial charge in [-0.3, -0.25) is 0 Å². The highest BCUT2D eigenvalue weighted by Gasteiger charge is 2.67. The molecule has 4 atom stereocenters. The van der Waals surface area contributed by atoms with Gasteiger partial charge in [0.2, 0.25) is 0 Å². The third-order valence-electron chi connectivity index (χ3n) is 8.53. The maximum absolute atomic E-state index is 12.9. The van der Waals surface area contributed by atoms with Crippen LogP contribution in [0.2, 0.25) is 36.3 Å². The summed E-state index contributed by atoms with van der Waals surface area (Å²) >= 11 is 5.97. The third-order valence-corrected chi connectivity index (χ3v) is 18.8. The fourth-order valence-electron chi connectivity index (χ4n) is 4.09. The van der Waals surface area contributed by atoms with E-state index >= 15 is 0 Å². The van der Waals surface area contributed by atoms with Crippen LogP contribution in [0.5, 0.6) is 0 Å². The molecule has 2 aliphatic rings. The second kappa shape index (κ2) is 10.5. The molecule has 0 unspecified atom stereocenters. The Kier molecular flexibility index (Phi) is 8.80. The summed E-state index contributed by atoms with van der Waals surface area (Å²) < 4.78 is 53.3.